The number of hydrogen-bond acceptors (Lipinski definition) is 5. The van der Waals surface area contributed by atoms with Gasteiger partial charge in [-0.2, -0.15) is 4.72 Å². The summed E-state index contributed by atoms with van der Waals surface area (Å²) in [6, 6.07) is 2.40. The van der Waals surface area contributed by atoms with E-state index in [0.29, 0.717) is 0 Å². The highest BCUT2D eigenvalue weighted by Gasteiger charge is 2.31. The summed E-state index contributed by atoms with van der Waals surface area (Å²) in [5, 5.41) is 2.12. The Balaban J connectivity index is 2.13. The predicted octanol–water partition coefficient (Wildman–Crippen LogP) is 0.394. The molecule has 1 aliphatic heterocycles. The minimum absolute atomic E-state index is 0.142. The van der Waals surface area contributed by atoms with Gasteiger partial charge in [0.15, 0.2) is 0 Å². The lowest BCUT2D eigenvalue weighted by molar-refractivity contribution is -0.134. The van der Waals surface area contributed by atoms with Crippen molar-refractivity contribution in [3.63, 3.8) is 0 Å². The van der Waals surface area contributed by atoms with Crippen LogP contribution >= 0.6 is 11.3 Å². The monoisotopic (exact) mass is 302 g/mol. The molecule has 0 spiro atoms. The lowest BCUT2D eigenvalue weighted by Gasteiger charge is -2.21. The van der Waals surface area contributed by atoms with Gasteiger partial charge in [-0.05, 0) is 25.0 Å². The summed E-state index contributed by atoms with van der Waals surface area (Å²) >= 11 is 1.18. The summed E-state index contributed by atoms with van der Waals surface area (Å²) < 4.78 is 26.7. The van der Waals surface area contributed by atoms with Gasteiger partial charge < -0.3 is 0 Å². The maximum Gasteiger partial charge on any atom is 0.250 e. The van der Waals surface area contributed by atoms with Crippen LogP contribution in [-0.2, 0) is 26.0 Å². The highest BCUT2D eigenvalue weighted by Crippen LogP contribution is 2.22. The number of carbonyl (C=O) groups excluding carboxylic acids is 2. The Morgan fingerprint density at radius 3 is 2.74 bits per heavy atom. The molecule has 2 N–H and O–H groups in total. The molecule has 2 heterocycles. The lowest BCUT2D eigenvalue weighted by Crippen LogP contribution is -2.52. The Morgan fingerprint density at radius 2 is 2.16 bits per heavy atom. The number of piperidine rings is 1. The van der Waals surface area contributed by atoms with E-state index in [1.54, 1.807) is 6.07 Å². The predicted molar refractivity (Wildman–Crippen MR) is 70.2 cm³/mol. The Bertz CT molecular complexity index is 606. The summed E-state index contributed by atoms with van der Waals surface area (Å²) in [4.78, 5) is 23.5. The molecule has 19 heavy (non-hydrogen) atoms. The van der Waals surface area contributed by atoms with E-state index in [1.807, 2.05) is 6.92 Å². The topological polar surface area (TPSA) is 92.3 Å². The second kappa shape index (κ2) is 5.40. The van der Waals surface area contributed by atoms with Crippen LogP contribution in [-0.4, -0.2) is 26.3 Å². The Morgan fingerprint density at radius 1 is 1.42 bits per heavy atom. The molecule has 2 amide bonds. The van der Waals surface area contributed by atoms with Gasteiger partial charge in [-0.25, -0.2) is 8.42 Å². The zero-order chi connectivity index (χ0) is 14.0. The molecule has 1 saturated heterocycles. The van der Waals surface area contributed by atoms with Crippen LogP contribution in [0.1, 0.15) is 24.6 Å². The van der Waals surface area contributed by atoms with E-state index in [9.17, 15) is 18.0 Å². The fourth-order valence-corrected chi connectivity index (χ4v) is 4.29. The Kier molecular flexibility index (Phi) is 4.02. The molecule has 1 fully saturated rings. The molecule has 1 atom stereocenters. The van der Waals surface area contributed by atoms with Gasteiger partial charge in [0.05, 0.1) is 0 Å². The van der Waals surface area contributed by atoms with Crippen molar-refractivity contribution in [2.45, 2.75) is 36.4 Å². The SMILES string of the molecule is CCc1ccc(S(=O)(=O)NC2CCC(=O)NC2=O)s1. The largest absolute Gasteiger partial charge is 0.295 e. The minimum Gasteiger partial charge on any atom is -0.295 e. The van der Waals surface area contributed by atoms with E-state index >= 15 is 0 Å². The molecular formula is C11H14N2O4S2. The van der Waals surface area contributed by atoms with Gasteiger partial charge in [0.2, 0.25) is 11.8 Å². The highest BCUT2D eigenvalue weighted by molar-refractivity contribution is 7.91. The maximum absolute atomic E-state index is 12.1. The number of imide groups is 1. The number of thiophene rings is 1. The van der Waals surface area contributed by atoms with Crippen molar-refractivity contribution in [2.24, 2.45) is 0 Å². The van der Waals surface area contributed by atoms with E-state index < -0.39 is 22.0 Å². The molecule has 2 rings (SSSR count). The third-order valence-electron chi connectivity index (χ3n) is 2.79. The molecule has 104 valence electrons. The molecule has 0 radical (unpaired) electrons. The molecule has 0 bridgehead atoms. The summed E-state index contributed by atoms with van der Waals surface area (Å²) in [5.41, 5.74) is 0. The van der Waals surface area contributed by atoms with Crippen molar-refractivity contribution >= 4 is 33.2 Å². The average Bonchev–Trinajstić information content (AvgIpc) is 2.82. The molecule has 1 unspecified atom stereocenters. The molecule has 1 aliphatic rings. The maximum atomic E-state index is 12.1. The zero-order valence-electron chi connectivity index (χ0n) is 10.3. The van der Waals surface area contributed by atoms with E-state index in [1.165, 1.54) is 17.4 Å². The summed E-state index contributed by atoms with van der Waals surface area (Å²) in [6.07, 6.45) is 1.10. The molecule has 8 heteroatoms. The number of carbonyl (C=O) groups is 2. The third kappa shape index (κ3) is 3.20. The number of nitrogens with one attached hydrogen (secondary N) is 2. The number of hydrogen-bond donors (Lipinski definition) is 2. The molecule has 6 nitrogen and oxygen atoms in total. The molecule has 0 aromatic carbocycles. The Labute approximate surface area is 115 Å². The average molecular weight is 302 g/mol. The third-order valence-corrected chi connectivity index (χ3v) is 5.98. The van der Waals surface area contributed by atoms with Gasteiger partial charge in [0, 0.05) is 11.3 Å². The molecule has 0 saturated carbocycles. The molecule has 1 aromatic heterocycles. The number of sulfonamides is 1. The quantitative estimate of drug-likeness (QED) is 0.787. The van der Waals surface area contributed by atoms with Crippen LogP contribution in [0.15, 0.2) is 16.3 Å². The van der Waals surface area contributed by atoms with Gasteiger partial charge in [0.25, 0.3) is 10.0 Å². The zero-order valence-corrected chi connectivity index (χ0v) is 11.9. The molecular weight excluding hydrogens is 288 g/mol. The van der Waals surface area contributed by atoms with Crippen molar-refractivity contribution < 1.29 is 18.0 Å². The van der Waals surface area contributed by atoms with Gasteiger partial charge >= 0.3 is 0 Å². The van der Waals surface area contributed by atoms with E-state index in [0.717, 1.165) is 11.3 Å². The van der Waals surface area contributed by atoms with Crippen molar-refractivity contribution in [3.05, 3.63) is 17.0 Å². The molecule has 1 aromatic rings. The van der Waals surface area contributed by atoms with Crippen LogP contribution < -0.4 is 10.0 Å². The standard InChI is InChI=1S/C11H14N2O4S2/c1-2-7-3-6-10(18-7)19(16,17)13-8-4-5-9(14)12-11(8)15/h3,6,8,13H,2,4-5H2,1H3,(H,12,14,15). The van der Waals surface area contributed by atoms with Gasteiger partial charge in [0.1, 0.15) is 10.3 Å². The number of amides is 2. The fraction of sp³-hybridized carbons (Fsp3) is 0.455. The van der Waals surface area contributed by atoms with Crippen molar-refractivity contribution in [2.75, 3.05) is 0 Å². The summed E-state index contributed by atoms with van der Waals surface area (Å²) in [5.74, 6) is -0.961. The minimum atomic E-state index is -3.70. The van der Waals surface area contributed by atoms with Crippen LogP contribution in [0.5, 0.6) is 0 Å². The first-order valence-electron chi connectivity index (χ1n) is 5.87. The van der Waals surface area contributed by atoms with Crippen LogP contribution in [0.4, 0.5) is 0 Å². The van der Waals surface area contributed by atoms with Crippen LogP contribution in [0.2, 0.25) is 0 Å². The van der Waals surface area contributed by atoms with E-state index in [2.05, 4.69) is 10.0 Å². The first-order chi connectivity index (χ1) is 8.92. The first kappa shape index (κ1) is 14.2. The van der Waals surface area contributed by atoms with Crippen molar-refractivity contribution in [1.82, 2.24) is 10.0 Å². The van der Waals surface area contributed by atoms with E-state index in [-0.39, 0.29) is 23.0 Å². The Hall–Kier alpha value is -1.25. The van der Waals surface area contributed by atoms with Crippen LogP contribution in [0, 0.1) is 0 Å². The van der Waals surface area contributed by atoms with Crippen LogP contribution in [0.25, 0.3) is 0 Å². The highest BCUT2D eigenvalue weighted by atomic mass is 32.2. The first-order valence-corrected chi connectivity index (χ1v) is 8.17. The second-order valence-corrected chi connectivity index (χ2v) is 7.31. The lowest BCUT2D eigenvalue weighted by atomic mass is 10.1. The van der Waals surface area contributed by atoms with Gasteiger partial charge in [-0.15, -0.1) is 11.3 Å². The molecule has 0 aliphatic carbocycles. The van der Waals surface area contributed by atoms with Gasteiger partial charge in [-0.1, -0.05) is 6.92 Å². The van der Waals surface area contributed by atoms with E-state index in [4.69, 9.17) is 0 Å². The van der Waals surface area contributed by atoms with Crippen molar-refractivity contribution in [3.8, 4) is 0 Å². The summed E-state index contributed by atoms with van der Waals surface area (Å²) in [6.45, 7) is 1.94. The summed E-state index contributed by atoms with van der Waals surface area (Å²) in [7, 11) is -3.70. The number of rotatable bonds is 4. The van der Waals surface area contributed by atoms with Crippen LogP contribution in [0.3, 0.4) is 0 Å². The fourth-order valence-electron chi connectivity index (χ4n) is 1.74. The van der Waals surface area contributed by atoms with Gasteiger partial charge in [-0.3, -0.25) is 14.9 Å². The number of aryl methyl sites for hydroxylation is 1. The second-order valence-electron chi connectivity index (χ2n) is 4.20. The normalized spacial score (nSPS) is 20.4. The smallest absolute Gasteiger partial charge is 0.250 e. The van der Waals surface area contributed by atoms with Crippen molar-refractivity contribution in [1.29, 1.82) is 0 Å².